The third-order valence-electron chi connectivity index (χ3n) is 4.36. The number of rotatable bonds is 5. The molecule has 0 radical (unpaired) electrons. The minimum atomic E-state index is -1.03. The predicted octanol–water partition coefficient (Wildman–Crippen LogP) is 2.83. The lowest BCUT2D eigenvalue weighted by Crippen LogP contribution is -2.52. The van der Waals surface area contributed by atoms with E-state index < -0.39 is 16.3 Å². The van der Waals surface area contributed by atoms with Gasteiger partial charge in [-0.15, -0.1) is 0 Å². The molecule has 2 atom stereocenters. The molecule has 0 saturated carbocycles. The predicted molar refractivity (Wildman–Crippen MR) is 93.0 cm³/mol. The average molecular weight is 338 g/mol. The maximum absolute atomic E-state index is 12.6. The van der Waals surface area contributed by atoms with Gasteiger partial charge in [-0.1, -0.05) is 13.8 Å². The van der Waals surface area contributed by atoms with E-state index >= 15 is 0 Å². The third-order valence-corrected chi connectivity index (χ3v) is 5.30. The zero-order chi connectivity index (χ0) is 17.0. The van der Waals surface area contributed by atoms with E-state index in [0.717, 1.165) is 24.2 Å². The Morgan fingerprint density at radius 2 is 2.04 bits per heavy atom. The van der Waals surface area contributed by atoms with Gasteiger partial charge in [-0.2, -0.15) is 0 Å². The van der Waals surface area contributed by atoms with Crippen LogP contribution in [0.4, 0.5) is 10.5 Å². The Bertz CT molecular complexity index is 574. The summed E-state index contributed by atoms with van der Waals surface area (Å²) in [6, 6.07) is 6.84. The van der Waals surface area contributed by atoms with Crippen LogP contribution in [0.25, 0.3) is 0 Å². The van der Waals surface area contributed by atoms with Crippen molar-refractivity contribution in [2.75, 3.05) is 24.7 Å². The Balaban J connectivity index is 2.10. The lowest BCUT2D eigenvalue weighted by molar-refractivity contribution is 0.0728. The number of benzene rings is 1. The summed E-state index contributed by atoms with van der Waals surface area (Å²) < 4.78 is 11.4. The summed E-state index contributed by atoms with van der Waals surface area (Å²) in [7, 11) is -1.03. The van der Waals surface area contributed by atoms with Crippen molar-refractivity contribution in [3.8, 4) is 0 Å². The van der Waals surface area contributed by atoms with Gasteiger partial charge < -0.3 is 15.3 Å². The van der Waals surface area contributed by atoms with Crippen LogP contribution in [0.5, 0.6) is 0 Å². The molecule has 2 N–H and O–H groups in total. The number of anilines is 1. The maximum Gasteiger partial charge on any atom is 0.322 e. The molecule has 1 aliphatic rings. The molecule has 1 fully saturated rings. The van der Waals surface area contributed by atoms with Crippen molar-refractivity contribution in [2.24, 2.45) is 5.92 Å². The molecule has 2 rings (SSSR count). The van der Waals surface area contributed by atoms with Gasteiger partial charge in [0.1, 0.15) is 0 Å². The van der Waals surface area contributed by atoms with Gasteiger partial charge in [-0.05, 0) is 49.4 Å². The van der Waals surface area contributed by atoms with Gasteiger partial charge in [-0.3, -0.25) is 4.21 Å². The number of carbonyl (C=O) groups is 1. The molecule has 1 aliphatic heterocycles. The number of urea groups is 1. The van der Waals surface area contributed by atoms with E-state index in [-0.39, 0.29) is 12.6 Å². The summed E-state index contributed by atoms with van der Waals surface area (Å²) in [5.41, 5.74) is 0.218. The standard InChI is InChI=1S/C17H26N2O3S/c1-13(2)11-17(12-20)9-4-10-19(17)16(21)18-14-5-7-15(8-6-14)23(3)22/h5-8,13,20H,4,9-12H2,1-3H3,(H,18,21)/t17-,23+/m0/s1. The smallest absolute Gasteiger partial charge is 0.322 e. The van der Waals surface area contributed by atoms with Crippen LogP contribution < -0.4 is 5.32 Å². The van der Waals surface area contributed by atoms with Crippen molar-refractivity contribution in [1.82, 2.24) is 4.90 Å². The molecule has 5 nitrogen and oxygen atoms in total. The molecule has 1 heterocycles. The van der Waals surface area contributed by atoms with E-state index in [1.54, 1.807) is 35.4 Å². The quantitative estimate of drug-likeness (QED) is 0.867. The minimum absolute atomic E-state index is 0.00758. The number of nitrogens with one attached hydrogen (secondary N) is 1. The van der Waals surface area contributed by atoms with Gasteiger partial charge >= 0.3 is 6.03 Å². The molecule has 128 valence electrons. The van der Waals surface area contributed by atoms with Gasteiger partial charge in [0.2, 0.25) is 0 Å². The van der Waals surface area contributed by atoms with Crippen molar-refractivity contribution in [3.63, 3.8) is 0 Å². The molecule has 1 saturated heterocycles. The van der Waals surface area contributed by atoms with E-state index in [9.17, 15) is 14.1 Å². The number of hydrogen-bond acceptors (Lipinski definition) is 3. The van der Waals surface area contributed by atoms with Crippen LogP contribution in [0.15, 0.2) is 29.2 Å². The summed E-state index contributed by atoms with van der Waals surface area (Å²) in [5.74, 6) is 0.411. The minimum Gasteiger partial charge on any atom is -0.394 e. The van der Waals surface area contributed by atoms with Crippen LogP contribution in [0.2, 0.25) is 0 Å². The first kappa shape index (κ1) is 17.9. The Labute approximate surface area is 140 Å². The first-order valence-corrected chi connectivity index (χ1v) is 9.57. The fraction of sp³-hybridized carbons (Fsp3) is 0.588. The lowest BCUT2D eigenvalue weighted by Gasteiger charge is -2.38. The summed E-state index contributed by atoms with van der Waals surface area (Å²) in [6.45, 7) is 4.87. The monoisotopic (exact) mass is 338 g/mol. The number of nitrogens with zero attached hydrogens (tertiary/aromatic N) is 1. The first-order chi connectivity index (χ1) is 10.9. The van der Waals surface area contributed by atoms with Crippen LogP contribution in [0, 0.1) is 5.92 Å². The van der Waals surface area contributed by atoms with E-state index in [4.69, 9.17) is 0 Å². The van der Waals surface area contributed by atoms with Crippen LogP contribution in [0.3, 0.4) is 0 Å². The third kappa shape index (κ3) is 4.12. The van der Waals surface area contributed by atoms with Gasteiger partial charge in [0.25, 0.3) is 0 Å². The Morgan fingerprint density at radius 1 is 1.39 bits per heavy atom. The van der Waals surface area contributed by atoms with Crippen molar-refractivity contribution >= 4 is 22.5 Å². The highest BCUT2D eigenvalue weighted by Gasteiger charge is 2.43. The SMILES string of the molecule is CC(C)C[C@]1(CO)CCCN1C(=O)Nc1ccc([S@@](C)=O)cc1. The highest BCUT2D eigenvalue weighted by atomic mass is 32.2. The Hall–Kier alpha value is -1.40. The molecule has 0 bridgehead atoms. The molecule has 0 unspecified atom stereocenters. The van der Waals surface area contributed by atoms with Crippen LogP contribution >= 0.6 is 0 Å². The first-order valence-electron chi connectivity index (χ1n) is 8.01. The highest BCUT2D eigenvalue weighted by Crippen LogP contribution is 2.35. The number of aliphatic hydroxyl groups is 1. The molecule has 23 heavy (non-hydrogen) atoms. The largest absolute Gasteiger partial charge is 0.394 e. The maximum atomic E-state index is 12.6. The molecule has 0 spiro atoms. The number of aliphatic hydroxyl groups excluding tert-OH is 1. The van der Waals surface area contributed by atoms with Crippen molar-refractivity contribution < 1.29 is 14.1 Å². The summed E-state index contributed by atoms with van der Waals surface area (Å²) >= 11 is 0. The topological polar surface area (TPSA) is 69.6 Å². The summed E-state index contributed by atoms with van der Waals surface area (Å²) in [5, 5.41) is 12.8. The van der Waals surface area contributed by atoms with Crippen LogP contribution in [0.1, 0.15) is 33.1 Å². The van der Waals surface area contributed by atoms with Crippen molar-refractivity contribution in [3.05, 3.63) is 24.3 Å². The van der Waals surface area contributed by atoms with Crippen LogP contribution in [-0.2, 0) is 10.8 Å². The molecule has 1 aromatic carbocycles. The zero-order valence-corrected chi connectivity index (χ0v) is 14.9. The fourth-order valence-corrected chi connectivity index (χ4v) is 3.90. The normalized spacial score (nSPS) is 22.4. The summed E-state index contributed by atoms with van der Waals surface area (Å²) in [4.78, 5) is 15.1. The Morgan fingerprint density at radius 3 is 2.57 bits per heavy atom. The van der Waals surface area contributed by atoms with Gasteiger partial charge in [0.15, 0.2) is 0 Å². The fourth-order valence-electron chi connectivity index (χ4n) is 3.38. The van der Waals surface area contributed by atoms with Gasteiger partial charge in [0, 0.05) is 34.2 Å². The number of hydrogen-bond donors (Lipinski definition) is 2. The van der Waals surface area contributed by atoms with E-state index in [1.165, 1.54) is 0 Å². The second-order valence-corrected chi connectivity index (χ2v) is 8.02. The van der Waals surface area contributed by atoms with E-state index in [1.807, 2.05) is 0 Å². The van der Waals surface area contributed by atoms with Gasteiger partial charge in [-0.25, -0.2) is 4.79 Å². The second kappa shape index (κ2) is 7.45. The average Bonchev–Trinajstić information content (AvgIpc) is 2.91. The molecule has 2 amide bonds. The number of amides is 2. The van der Waals surface area contributed by atoms with Gasteiger partial charge in [0.05, 0.1) is 12.1 Å². The molecule has 1 aromatic rings. The zero-order valence-electron chi connectivity index (χ0n) is 14.0. The Kier molecular flexibility index (Phi) is 5.81. The second-order valence-electron chi connectivity index (χ2n) is 6.64. The number of carbonyl (C=O) groups excluding carboxylic acids is 1. The molecule has 0 aromatic heterocycles. The van der Waals surface area contributed by atoms with E-state index in [2.05, 4.69) is 19.2 Å². The molecule has 0 aliphatic carbocycles. The highest BCUT2D eigenvalue weighted by molar-refractivity contribution is 7.84. The molecular weight excluding hydrogens is 312 g/mol. The van der Waals surface area contributed by atoms with Crippen LogP contribution in [-0.4, -0.2) is 45.2 Å². The lowest BCUT2D eigenvalue weighted by atomic mass is 9.87. The number of likely N-dealkylation sites (tertiary alicyclic amines) is 1. The molecular formula is C17H26N2O3S. The van der Waals surface area contributed by atoms with Crippen molar-refractivity contribution in [2.45, 2.75) is 43.5 Å². The summed E-state index contributed by atoms with van der Waals surface area (Å²) in [6.07, 6.45) is 4.17. The van der Waals surface area contributed by atoms with Crippen molar-refractivity contribution in [1.29, 1.82) is 0 Å². The van der Waals surface area contributed by atoms with E-state index in [0.29, 0.717) is 18.2 Å². The molecule has 6 heteroatoms.